The molecule has 0 aromatic heterocycles. The van der Waals surface area contributed by atoms with Gasteiger partial charge in [-0.3, -0.25) is 0 Å². The van der Waals surface area contributed by atoms with Crippen LogP contribution < -0.4 is 0 Å². The Hall–Kier alpha value is 0.420. The molecule has 12 heavy (non-hydrogen) atoms. The van der Waals surface area contributed by atoms with Gasteiger partial charge in [0, 0.05) is 3.57 Å². The SMILES string of the molecule is C/C(I)=C(\C)c1ccccc1I. The van der Waals surface area contributed by atoms with Crippen LogP contribution in [0.25, 0.3) is 5.57 Å². The fourth-order valence-electron chi connectivity index (χ4n) is 0.951. The van der Waals surface area contributed by atoms with Crippen molar-refractivity contribution in [2.75, 3.05) is 0 Å². The maximum absolute atomic E-state index is 2.37. The highest BCUT2D eigenvalue weighted by Gasteiger charge is 2.01. The third-order valence-electron chi connectivity index (χ3n) is 1.79. The van der Waals surface area contributed by atoms with Gasteiger partial charge in [0.05, 0.1) is 0 Å². The average molecular weight is 384 g/mol. The zero-order valence-electron chi connectivity index (χ0n) is 7.07. The van der Waals surface area contributed by atoms with Crippen molar-refractivity contribution in [3.05, 3.63) is 37.0 Å². The fraction of sp³-hybridized carbons (Fsp3) is 0.200. The lowest BCUT2D eigenvalue weighted by atomic mass is 10.1. The number of rotatable bonds is 1. The van der Waals surface area contributed by atoms with Crippen molar-refractivity contribution in [2.45, 2.75) is 13.8 Å². The maximum Gasteiger partial charge on any atom is 0.0205 e. The van der Waals surface area contributed by atoms with E-state index in [0.29, 0.717) is 0 Å². The Balaban J connectivity index is 3.21. The van der Waals surface area contributed by atoms with Crippen molar-refractivity contribution in [3.63, 3.8) is 0 Å². The molecule has 0 spiro atoms. The van der Waals surface area contributed by atoms with E-state index in [1.807, 2.05) is 0 Å². The number of allylic oxidation sites excluding steroid dienone is 2. The predicted octanol–water partition coefficient (Wildman–Crippen LogP) is 4.48. The summed E-state index contributed by atoms with van der Waals surface area (Å²) in [5, 5.41) is 0. The summed E-state index contributed by atoms with van der Waals surface area (Å²) in [6.45, 7) is 4.30. The van der Waals surface area contributed by atoms with Crippen LogP contribution in [0.1, 0.15) is 19.4 Å². The minimum Gasteiger partial charge on any atom is -0.0616 e. The van der Waals surface area contributed by atoms with Crippen molar-refractivity contribution < 1.29 is 0 Å². The quantitative estimate of drug-likeness (QED) is 0.627. The van der Waals surface area contributed by atoms with Crippen molar-refractivity contribution >= 4 is 50.8 Å². The smallest absolute Gasteiger partial charge is 0.0205 e. The molecule has 0 bridgehead atoms. The first-order valence-electron chi connectivity index (χ1n) is 3.71. The van der Waals surface area contributed by atoms with Crippen molar-refractivity contribution in [2.24, 2.45) is 0 Å². The Morgan fingerprint density at radius 2 is 1.75 bits per heavy atom. The second-order valence-corrected chi connectivity index (χ2v) is 5.42. The Kier molecular flexibility index (Phi) is 4.02. The minimum absolute atomic E-state index is 1.32. The second-order valence-electron chi connectivity index (χ2n) is 2.64. The highest BCUT2D eigenvalue weighted by atomic mass is 127. The number of benzene rings is 1. The molecule has 0 heterocycles. The molecule has 64 valence electrons. The molecule has 0 fully saturated rings. The Bertz CT molecular complexity index is 309. The molecule has 0 saturated heterocycles. The van der Waals surface area contributed by atoms with Gasteiger partial charge in [0.15, 0.2) is 0 Å². The number of hydrogen-bond donors (Lipinski definition) is 0. The Morgan fingerprint density at radius 3 is 2.25 bits per heavy atom. The molecule has 0 aliphatic rings. The minimum atomic E-state index is 1.32. The summed E-state index contributed by atoms with van der Waals surface area (Å²) >= 11 is 4.74. The highest BCUT2D eigenvalue weighted by molar-refractivity contribution is 14.1. The molecular weight excluding hydrogens is 374 g/mol. The van der Waals surface area contributed by atoms with E-state index in [4.69, 9.17) is 0 Å². The summed E-state index contributed by atoms with van der Waals surface area (Å²) in [7, 11) is 0. The first-order valence-corrected chi connectivity index (χ1v) is 5.86. The van der Waals surface area contributed by atoms with E-state index in [2.05, 4.69) is 83.3 Å². The van der Waals surface area contributed by atoms with E-state index in [1.165, 1.54) is 18.3 Å². The normalized spacial score (nSPS) is 12.7. The topological polar surface area (TPSA) is 0 Å². The van der Waals surface area contributed by atoms with Crippen molar-refractivity contribution in [3.8, 4) is 0 Å². The van der Waals surface area contributed by atoms with Crippen LogP contribution >= 0.6 is 45.2 Å². The van der Waals surface area contributed by atoms with Crippen LogP contribution in [-0.4, -0.2) is 0 Å². The molecule has 0 amide bonds. The van der Waals surface area contributed by atoms with Crippen LogP contribution in [0.3, 0.4) is 0 Å². The lowest BCUT2D eigenvalue weighted by Gasteiger charge is -2.05. The molecule has 0 unspecified atom stereocenters. The summed E-state index contributed by atoms with van der Waals surface area (Å²) in [5.41, 5.74) is 2.73. The van der Waals surface area contributed by atoms with Gasteiger partial charge in [-0.2, -0.15) is 0 Å². The van der Waals surface area contributed by atoms with Crippen LogP contribution in [0.4, 0.5) is 0 Å². The van der Waals surface area contributed by atoms with Crippen molar-refractivity contribution in [1.82, 2.24) is 0 Å². The highest BCUT2D eigenvalue weighted by Crippen LogP contribution is 2.25. The molecule has 0 atom stereocenters. The van der Waals surface area contributed by atoms with Gasteiger partial charge in [0.2, 0.25) is 0 Å². The number of halogens is 2. The predicted molar refractivity (Wildman–Crippen MR) is 71.4 cm³/mol. The molecule has 2 heteroatoms. The van der Waals surface area contributed by atoms with Gasteiger partial charge in [-0.05, 0) is 79.8 Å². The zero-order valence-corrected chi connectivity index (χ0v) is 11.4. The molecule has 0 aliphatic carbocycles. The van der Waals surface area contributed by atoms with Gasteiger partial charge >= 0.3 is 0 Å². The monoisotopic (exact) mass is 384 g/mol. The third kappa shape index (κ3) is 2.45. The zero-order chi connectivity index (χ0) is 9.14. The molecule has 0 N–H and O–H groups in total. The van der Waals surface area contributed by atoms with E-state index in [1.54, 1.807) is 0 Å². The summed E-state index contributed by atoms with van der Waals surface area (Å²) in [4.78, 5) is 0. The van der Waals surface area contributed by atoms with Crippen LogP contribution in [0.5, 0.6) is 0 Å². The summed E-state index contributed by atoms with van der Waals surface area (Å²) in [6, 6.07) is 8.46. The molecule has 1 aromatic carbocycles. The van der Waals surface area contributed by atoms with Crippen LogP contribution in [0.15, 0.2) is 27.8 Å². The standard InChI is InChI=1S/C10H10I2/c1-7(8(2)11)9-5-3-4-6-10(9)12/h3-6H,1-2H3/b8-7-. The van der Waals surface area contributed by atoms with Crippen molar-refractivity contribution in [1.29, 1.82) is 0 Å². The van der Waals surface area contributed by atoms with Gasteiger partial charge in [0.1, 0.15) is 0 Å². The summed E-state index contributed by atoms with van der Waals surface area (Å²) in [6.07, 6.45) is 0. The fourth-order valence-corrected chi connectivity index (χ4v) is 2.03. The third-order valence-corrected chi connectivity index (χ3v) is 3.54. The average Bonchev–Trinajstić information content (AvgIpc) is 2.04. The van der Waals surface area contributed by atoms with Gasteiger partial charge < -0.3 is 0 Å². The van der Waals surface area contributed by atoms with E-state index in [0.717, 1.165) is 0 Å². The van der Waals surface area contributed by atoms with Gasteiger partial charge in [0.25, 0.3) is 0 Å². The molecular formula is C10H10I2. The van der Waals surface area contributed by atoms with Gasteiger partial charge in [-0.25, -0.2) is 0 Å². The molecule has 0 saturated carbocycles. The lowest BCUT2D eigenvalue weighted by molar-refractivity contribution is 1.50. The summed E-state index contributed by atoms with van der Waals surface area (Å²) in [5.74, 6) is 0. The largest absolute Gasteiger partial charge is 0.0616 e. The van der Waals surface area contributed by atoms with Gasteiger partial charge in [-0.15, -0.1) is 0 Å². The Labute approximate surface area is 101 Å². The second kappa shape index (κ2) is 4.60. The summed E-state index contributed by atoms with van der Waals surface area (Å²) < 4.78 is 2.68. The van der Waals surface area contributed by atoms with Crippen LogP contribution in [-0.2, 0) is 0 Å². The first-order chi connectivity index (χ1) is 5.63. The van der Waals surface area contributed by atoms with E-state index >= 15 is 0 Å². The number of hydrogen-bond acceptors (Lipinski definition) is 0. The van der Waals surface area contributed by atoms with Crippen LogP contribution in [0, 0.1) is 3.57 Å². The first kappa shape index (κ1) is 10.5. The molecule has 0 nitrogen and oxygen atoms in total. The Morgan fingerprint density at radius 1 is 1.17 bits per heavy atom. The molecule has 0 radical (unpaired) electrons. The molecule has 1 aromatic rings. The van der Waals surface area contributed by atoms with E-state index < -0.39 is 0 Å². The lowest BCUT2D eigenvalue weighted by Crippen LogP contribution is -1.84. The molecule has 1 rings (SSSR count). The van der Waals surface area contributed by atoms with Gasteiger partial charge in [-0.1, -0.05) is 18.2 Å². The molecule has 0 aliphatic heterocycles. The maximum atomic E-state index is 2.37. The van der Waals surface area contributed by atoms with E-state index in [-0.39, 0.29) is 0 Å². The van der Waals surface area contributed by atoms with E-state index in [9.17, 15) is 0 Å². The van der Waals surface area contributed by atoms with Crippen LogP contribution in [0.2, 0.25) is 0 Å².